The van der Waals surface area contributed by atoms with Gasteiger partial charge in [-0.2, -0.15) is 11.5 Å². The second kappa shape index (κ2) is 4.54. The lowest BCUT2D eigenvalue weighted by molar-refractivity contribution is 1.29. The standard InChI is InChI=1S/C15H13BClN/c1-18-15-10-6-5-9-13(15)14(11-16(18)17)12-7-3-2-4-8-12/h2-11H,1H3. The first-order valence-electron chi connectivity index (χ1n) is 6.01. The van der Waals surface area contributed by atoms with Crippen molar-refractivity contribution in [1.29, 1.82) is 0 Å². The van der Waals surface area contributed by atoms with Crippen LogP contribution in [0.1, 0.15) is 11.1 Å². The second-order valence-electron chi connectivity index (χ2n) is 4.45. The number of para-hydroxylation sites is 1. The van der Waals surface area contributed by atoms with Crippen LogP contribution in [0.15, 0.2) is 60.6 Å². The summed E-state index contributed by atoms with van der Waals surface area (Å²) in [6, 6.07) is 18.8. The first-order chi connectivity index (χ1) is 8.77. The van der Waals surface area contributed by atoms with E-state index in [1.54, 1.807) is 0 Å². The van der Waals surface area contributed by atoms with Crippen molar-refractivity contribution in [3.05, 3.63) is 71.7 Å². The van der Waals surface area contributed by atoms with Crippen LogP contribution in [0.25, 0.3) is 5.57 Å². The number of nitrogens with zero attached hydrogens (tertiary/aromatic N) is 1. The van der Waals surface area contributed by atoms with Gasteiger partial charge in [0.25, 0.3) is 0 Å². The number of hydrogen-bond acceptors (Lipinski definition) is 1. The number of anilines is 1. The zero-order valence-electron chi connectivity index (χ0n) is 10.2. The lowest BCUT2D eigenvalue weighted by Gasteiger charge is -2.29. The molecule has 2 aromatic carbocycles. The summed E-state index contributed by atoms with van der Waals surface area (Å²) in [5.74, 6) is 2.11. The molecule has 0 saturated heterocycles. The monoisotopic (exact) mass is 253 g/mol. The van der Waals surface area contributed by atoms with Crippen LogP contribution in [-0.4, -0.2) is 13.3 Å². The number of hydrogen-bond donors (Lipinski definition) is 0. The van der Waals surface area contributed by atoms with Crippen LogP contribution < -0.4 is 4.81 Å². The van der Waals surface area contributed by atoms with Crippen LogP contribution in [0, 0.1) is 0 Å². The van der Waals surface area contributed by atoms with Crippen LogP contribution >= 0.6 is 11.5 Å². The molecule has 0 atom stereocenters. The maximum Gasteiger partial charge on any atom is 0.388 e. The molecule has 1 heterocycles. The third-order valence-electron chi connectivity index (χ3n) is 3.33. The van der Waals surface area contributed by atoms with Gasteiger partial charge in [-0.15, -0.1) is 0 Å². The second-order valence-corrected chi connectivity index (χ2v) is 4.89. The fourth-order valence-corrected chi connectivity index (χ4v) is 2.58. The number of benzene rings is 2. The quantitative estimate of drug-likeness (QED) is 0.698. The average molecular weight is 254 g/mol. The van der Waals surface area contributed by atoms with Gasteiger partial charge in [0.15, 0.2) is 0 Å². The maximum atomic E-state index is 6.39. The third kappa shape index (κ3) is 1.83. The Morgan fingerprint density at radius 1 is 0.944 bits per heavy atom. The van der Waals surface area contributed by atoms with Crippen LogP contribution in [0.5, 0.6) is 0 Å². The predicted molar refractivity (Wildman–Crippen MR) is 80.0 cm³/mol. The Labute approximate surface area is 113 Å². The van der Waals surface area contributed by atoms with E-state index in [1.807, 2.05) is 19.2 Å². The molecule has 2 aromatic rings. The number of rotatable bonds is 1. The minimum Gasteiger partial charge on any atom is -0.400 e. The SMILES string of the molecule is CN1B(Cl)C=C(c2ccccc2)c2ccccc21. The van der Waals surface area contributed by atoms with Gasteiger partial charge in [-0.25, -0.2) is 0 Å². The van der Waals surface area contributed by atoms with Gasteiger partial charge >= 0.3 is 6.26 Å². The van der Waals surface area contributed by atoms with Gasteiger partial charge in [0, 0.05) is 11.3 Å². The Kier molecular flexibility index (Phi) is 2.88. The molecule has 88 valence electrons. The summed E-state index contributed by atoms with van der Waals surface area (Å²) >= 11 is 6.39. The topological polar surface area (TPSA) is 3.24 Å². The molecule has 1 aliphatic heterocycles. The normalized spacial score (nSPS) is 14.2. The molecule has 0 aromatic heterocycles. The molecule has 1 aliphatic rings. The Morgan fingerprint density at radius 3 is 2.39 bits per heavy atom. The van der Waals surface area contributed by atoms with E-state index in [1.165, 1.54) is 22.4 Å². The first kappa shape index (κ1) is 11.4. The Balaban J connectivity index is 2.18. The molecule has 18 heavy (non-hydrogen) atoms. The van der Waals surface area contributed by atoms with E-state index < -0.39 is 0 Å². The summed E-state index contributed by atoms with van der Waals surface area (Å²) < 4.78 is 0. The van der Waals surface area contributed by atoms with E-state index in [0.717, 1.165) is 0 Å². The zero-order valence-corrected chi connectivity index (χ0v) is 10.9. The smallest absolute Gasteiger partial charge is 0.388 e. The van der Waals surface area contributed by atoms with Gasteiger partial charge in [0.1, 0.15) is 0 Å². The Hall–Kier alpha value is -1.67. The van der Waals surface area contributed by atoms with Crippen molar-refractivity contribution in [2.75, 3.05) is 11.9 Å². The van der Waals surface area contributed by atoms with Crippen molar-refractivity contribution in [2.24, 2.45) is 0 Å². The summed E-state index contributed by atoms with van der Waals surface area (Å²) in [6.07, 6.45) is -0.102. The van der Waals surface area contributed by atoms with Crippen molar-refractivity contribution < 1.29 is 0 Å². The van der Waals surface area contributed by atoms with Crippen molar-refractivity contribution in [2.45, 2.75) is 0 Å². The molecular weight excluding hydrogens is 240 g/mol. The predicted octanol–water partition coefficient (Wildman–Crippen LogP) is 3.83. The van der Waals surface area contributed by atoms with E-state index in [2.05, 4.69) is 53.3 Å². The fraction of sp³-hybridized carbons (Fsp3) is 0.0667. The molecular formula is C15H13BClN. The van der Waals surface area contributed by atoms with Gasteiger partial charge in [0.2, 0.25) is 0 Å². The van der Waals surface area contributed by atoms with Crippen molar-refractivity contribution in [1.82, 2.24) is 0 Å². The highest BCUT2D eigenvalue weighted by Crippen LogP contribution is 2.36. The van der Waals surface area contributed by atoms with E-state index in [4.69, 9.17) is 11.5 Å². The number of halogens is 1. The highest BCUT2D eigenvalue weighted by molar-refractivity contribution is 7.12. The fourth-order valence-electron chi connectivity index (χ4n) is 2.35. The minimum atomic E-state index is -0.102. The molecule has 0 aliphatic carbocycles. The Bertz CT molecular complexity index is 594. The minimum absolute atomic E-state index is 0.102. The lowest BCUT2D eigenvalue weighted by Crippen LogP contribution is -2.33. The van der Waals surface area contributed by atoms with Gasteiger partial charge in [-0.3, -0.25) is 0 Å². The van der Waals surface area contributed by atoms with Crippen LogP contribution in [0.4, 0.5) is 5.69 Å². The summed E-state index contributed by atoms with van der Waals surface area (Å²) in [4.78, 5) is 2.09. The van der Waals surface area contributed by atoms with E-state index >= 15 is 0 Å². The molecule has 0 unspecified atom stereocenters. The molecule has 3 heteroatoms. The molecule has 0 radical (unpaired) electrons. The van der Waals surface area contributed by atoms with Gasteiger partial charge in [0.05, 0.1) is 0 Å². The average Bonchev–Trinajstić information content (AvgIpc) is 2.44. The van der Waals surface area contributed by atoms with Gasteiger partial charge in [-0.05, 0) is 24.3 Å². The largest absolute Gasteiger partial charge is 0.400 e. The lowest BCUT2D eigenvalue weighted by atomic mass is 9.77. The molecule has 0 fully saturated rings. The highest BCUT2D eigenvalue weighted by Gasteiger charge is 2.25. The molecule has 0 bridgehead atoms. The van der Waals surface area contributed by atoms with Crippen LogP contribution in [0.2, 0.25) is 0 Å². The highest BCUT2D eigenvalue weighted by atomic mass is 35.5. The summed E-state index contributed by atoms with van der Waals surface area (Å²) in [6.45, 7) is 0. The summed E-state index contributed by atoms with van der Waals surface area (Å²) in [5.41, 5.74) is 4.84. The van der Waals surface area contributed by atoms with E-state index in [-0.39, 0.29) is 6.26 Å². The van der Waals surface area contributed by atoms with Gasteiger partial charge in [-0.1, -0.05) is 54.5 Å². The summed E-state index contributed by atoms with van der Waals surface area (Å²) in [7, 11) is 2.02. The molecule has 1 nitrogen and oxygen atoms in total. The molecule has 0 amide bonds. The third-order valence-corrected chi connectivity index (χ3v) is 3.75. The van der Waals surface area contributed by atoms with E-state index in [9.17, 15) is 0 Å². The zero-order chi connectivity index (χ0) is 12.5. The molecule has 0 N–H and O–H groups in total. The maximum absolute atomic E-state index is 6.39. The molecule has 0 saturated carbocycles. The van der Waals surface area contributed by atoms with Crippen LogP contribution in [0.3, 0.4) is 0 Å². The number of fused-ring (bicyclic) bond motifs is 1. The van der Waals surface area contributed by atoms with Crippen molar-refractivity contribution >= 4 is 29.0 Å². The van der Waals surface area contributed by atoms with Crippen molar-refractivity contribution in [3.63, 3.8) is 0 Å². The van der Waals surface area contributed by atoms with Crippen molar-refractivity contribution in [3.8, 4) is 0 Å². The van der Waals surface area contributed by atoms with Crippen LogP contribution in [-0.2, 0) is 0 Å². The van der Waals surface area contributed by atoms with Gasteiger partial charge < -0.3 is 4.81 Å². The Morgan fingerprint density at radius 2 is 1.61 bits per heavy atom. The molecule has 0 spiro atoms. The molecule has 3 rings (SSSR count). The first-order valence-corrected chi connectivity index (χ1v) is 6.44. The van der Waals surface area contributed by atoms with E-state index in [0.29, 0.717) is 0 Å². The summed E-state index contributed by atoms with van der Waals surface area (Å²) in [5, 5.41) is 0.